The molecule has 751 valence electrons. The van der Waals surface area contributed by atoms with E-state index in [1.54, 1.807) is 37.6 Å². The number of fused-ring (bicyclic) bond motifs is 4. The van der Waals surface area contributed by atoms with Crippen molar-refractivity contribution in [3.8, 4) is 129 Å². The summed E-state index contributed by atoms with van der Waals surface area (Å²) in [6.07, 6.45) is 12.6. The predicted molar refractivity (Wildman–Crippen MR) is 598 cm³/mol. The van der Waals surface area contributed by atoms with Crippen molar-refractivity contribution < 1.29 is 115 Å². The fourth-order valence-corrected chi connectivity index (χ4v) is 18.4. The standard InChI is InChI=1S/C20H20NSi.C19H13N2.2C18H14N.C17H10NS.C12H10N.2C11H8N.C5H10O2.5Ir/c1-22(2,3)20-14-19(17-12-8-5-9-13-17)21-15-18(20)16-10-6-4-7-11-16;1-3-9-15(10-4-1)19-20-17-13-7-8-14-18(17)21(19)16-11-5-2-6-12-16;2*1-14-12-18(16-10-6-3-7-11-16)19-13-17(14)15-8-4-2-5-9-15;1-2-10-16-12(6-1)13-7-5-8-14(17(13)19-16)15-9-3-4-11-18-15;1-10-6-5-9-13-12(10)11-7-3-2-4-8-11;2*1-2-6-10(7-3-1)11-8-4-5-9-12-11;1-4(6)3-5(2)7;;;;;/h4-12,14-15H,1-3H3;1-9,11-14H;2*2-10,12-13H,1H3;1-7,9-11H;2-7,9H,1H3;2*1-6,8-9H;4,6H,3H2,1-2H3;;;;;/q8*-1;;;;;;/i;;1D3;;;;;;;;;;;. The summed E-state index contributed by atoms with van der Waals surface area (Å²) in [5.74, 6) is 0.956. The van der Waals surface area contributed by atoms with Crippen molar-refractivity contribution >= 4 is 61.6 Å². The summed E-state index contributed by atoms with van der Waals surface area (Å²) in [6.45, 7) is 12.2. The number of rotatable bonds is 15. The molecule has 5 radical (unpaired) electrons. The average Bonchev–Trinajstić information content (AvgIpc) is 1.63. The van der Waals surface area contributed by atoms with Gasteiger partial charge in [-0.1, -0.05) is 236 Å². The van der Waals surface area contributed by atoms with E-state index in [1.807, 2.05) is 346 Å². The van der Waals surface area contributed by atoms with Gasteiger partial charge < -0.3 is 44.6 Å². The van der Waals surface area contributed by atoms with Crippen LogP contribution in [-0.4, -0.2) is 69.5 Å². The van der Waals surface area contributed by atoms with E-state index in [0.717, 1.165) is 107 Å². The number of imidazole rings is 1. The molecule has 0 bridgehead atoms. The number of nitrogens with zero attached hydrogens (tertiary/aromatic N) is 9. The van der Waals surface area contributed by atoms with Crippen molar-refractivity contribution in [2.75, 3.05) is 0 Å². The van der Waals surface area contributed by atoms with Crippen molar-refractivity contribution in [3.63, 3.8) is 0 Å². The Balaban J connectivity index is 0.000000176. The van der Waals surface area contributed by atoms with Crippen LogP contribution in [0.2, 0.25) is 19.6 Å². The number of aromatic nitrogens is 9. The number of thiophene rings is 1. The molecule has 9 aromatic heterocycles. The van der Waals surface area contributed by atoms with Crippen LogP contribution in [0.25, 0.3) is 160 Å². The van der Waals surface area contributed by atoms with E-state index in [-0.39, 0.29) is 113 Å². The maximum atomic E-state index is 10.1. The molecule has 9 heterocycles. The first-order valence-electron chi connectivity index (χ1n) is 48.9. The van der Waals surface area contributed by atoms with E-state index >= 15 is 0 Å². The summed E-state index contributed by atoms with van der Waals surface area (Å²) < 4.78 is 28.2. The Hall–Kier alpha value is -14.1. The predicted octanol–water partition coefficient (Wildman–Crippen LogP) is 31.5. The number of aryl methyl sites for hydroxylation is 3. The van der Waals surface area contributed by atoms with Gasteiger partial charge in [0, 0.05) is 176 Å². The molecular formula is C131H107Ir5N9O2SSi-8. The molecule has 14 aromatic carbocycles. The van der Waals surface area contributed by atoms with E-state index in [0.29, 0.717) is 16.8 Å². The number of hydrogen-bond donors (Lipinski definition) is 1. The number of ketones is 1. The van der Waals surface area contributed by atoms with Crippen molar-refractivity contribution in [3.05, 3.63) is 545 Å². The molecular weight excluding hydrogens is 2750 g/mol. The molecule has 0 aliphatic rings. The molecule has 0 saturated carbocycles. The Bertz CT molecular complexity index is 7720. The number of aliphatic hydroxyl groups is 1. The van der Waals surface area contributed by atoms with Gasteiger partial charge in [0.2, 0.25) is 0 Å². The van der Waals surface area contributed by atoms with Gasteiger partial charge in [-0.15, -0.1) is 275 Å². The quantitative estimate of drug-likeness (QED) is 0.0778. The van der Waals surface area contributed by atoms with Gasteiger partial charge in [-0.25, -0.2) is 0 Å². The second-order valence-corrected chi connectivity index (χ2v) is 40.3. The van der Waals surface area contributed by atoms with Gasteiger partial charge in [0.15, 0.2) is 0 Å². The molecule has 149 heavy (non-hydrogen) atoms. The van der Waals surface area contributed by atoms with Crippen molar-refractivity contribution in [2.24, 2.45) is 0 Å². The molecule has 0 fully saturated rings. The van der Waals surface area contributed by atoms with Gasteiger partial charge in [-0.2, -0.15) is 11.3 Å². The van der Waals surface area contributed by atoms with Crippen LogP contribution < -0.4 is 5.19 Å². The minimum Gasteiger partial charge on any atom is -0.393 e. The molecule has 0 spiro atoms. The average molecular weight is 2860 g/mol. The first-order chi connectivity index (χ1) is 71.8. The van der Waals surface area contributed by atoms with Crippen LogP contribution in [0.1, 0.15) is 41.1 Å². The molecule has 1 atom stereocenters. The second kappa shape index (κ2) is 61.0. The van der Waals surface area contributed by atoms with Crippen LogP contribution in [0.15, 0.2) is 480 Å². The zero-order valence-corrected chi connectivity index (χ0v) is 96.6. The third kappa shape index (κ3) is 34.0. The van der Waals surface area contributed by atoms with Crippen molar-refractivity contribution in [1.82, 2.24) is 44.4 Å². The summed E-state index contributed by atoms with van der Waals surface area (Å²) in [5, 5.41) is 12.6. The van der Waals surface area contributed by atoms with Crippen LogP contribution in [-0.2, 0) is 105 Å². The molecule has 0 aliphatic heterocycles. The van der Waals surface area contributed by atoms with E-state index < -0.39 is 21.0 Å². The molecule has 23 aromatic rings. The maximum absolute atomic E-state index is 10.1. The molecule has 1 unspecified atom stereocenters. The molecule has 0 amide bonds. The Morgan fingerprint density at radius 1 is 0.356 bits per heavy atom. The summed E-state index contributed by atoms with van der Waals surface area (Å²) in [7, 11) is -1.48. The SMILES string of the molecule is CC(=O)CC(C)O.C[Si](C)(C)c1cc(-c2[c-]cccc2)ncc1-c1ccccc1.Cc1cc(-c2[c-]cccc2)ncc1-c1ccccc1.Cc1cccnc1-c1[c-]cccc1.[2H]C([2H])([2H])c1cc(-c2[c-]cccc2)ncc1-c1ccccc1.[Ir].[Ir].[Ir].[Ir].[Ir].[c-]1ccc2c(sc3ccccc32)c1-c1ccccn1.[c-]1ccccc1-c1ccccn1.[c-]1ccccc1-c1ccccn1.[c-]1ccccc1-c1nc2ccccc2n1-c1ccccc1. The van der Waals surface area contributed by atoms with Crippen LogP contribution in [0.4, 0.5) is 0 Å². The maximum Gasteiger partial charge on any atom is 0.132 e. The molecule has 0 saturated heterocycles. The summed E-state index contributed by atoms with van der Waals surface area (Å²) in [4.78, 5) is 45.7. The number of Topliss-reactive ketones (excluding diaryl/α,β-unsaturated/α-hetero) is 1. The van der Waals surface area contributed by atoms with E-state index in [9.17, 15) is 4.79 Å². The minimum absolute atomic E-state index is 0. The number of carbonyl (C=O) groups is 1. The van der Waals surface area contributed by atoms with Gasteiger partial charge >= 0.3 is 0 Å². The smallest absolute Gasteiger partial charge is 0.132 e. The first-order valence-corrected chi connectivity index (χ1v) is 51.7. The Labute approximate surface area is 952 Å². The first kappa shape index (κ1) is 112. The zero-order chi connectivity index (χ0) is 102. The van der Waals surface area contributed by atoms with Crippen LogP contribution >= 0.6 is 11.3 Å². The molecule has 18 heteroatoms. The van der Waals surface area contributed by atoms with E-state index in [2.05, 4.69) is 232 Å². The normalized spacial score (nSPS) is 10.7. The number of pyridine rings is 7. The number of carbonyl (C=O) groups excluding carboxylic acids is 1. The summed E-state index contributed by atoms with van der Waals surface area (Å²) in [6, 6.07) is 170. The minimum atomic E-state index is -2.20. The third-order valence-corrected chi connectivity index (χ3v) is 25.8. The largest absolute Gasteiger partial charge is 0.393 e. The second-order valence-electron chi connectivity index (χ2n) is 34.3. The van der Waals surface area contributed by atoms with Crippen molar-refractivity contribution in [2.45, 2.75) is 66.7 Å². The Morgan fingerprint density at radius 2 is 0.738 bits per heavy atom. The summed E-state index contributed by atoms with van der Waals surface area (Å²) >= 11 is 1.81. The topological polar surface area (TPSA) is 145 Å². The van der Waals surface area contributed by atoms with Crippen LogP contribution in [0.5, 0.6) is 0 Å². The van der Waals surface area contributed by atoms with Gasteiger partial charge in [0.25, 0.3) is 0 Å². The number of benzene rings is 14. The van der Waals surface area contributed by atoms with Crippen molar-refractivity contribution in [1.29, 1.82) is 0 Å². The monoisotopic (exact) mass is 2870 g/mol. The van der Waals surface area contributed by atoms with Gasteiger partial charge in [-0.05, 0) is 172 Å². The number of para-hydroxylation sites is 3. The summed E-state index contributed by atoms with van der Waals surface area (Å²) in [5.41, 5.74) is 27.0. The third-order valence-electron chi connectivity index (χ3n) is 22.6. The van der Waals surface area contributed by atoms with Gasteiger partial charge in [0.1, 0.15) is 5.78 Å². The van der Waals surface area contributed by atoms with Crippen LogP contribution in [0, 0.1) is 69.2 Å². The molecule has 23 rings (SSSR count). The Morgan fingerprint density at radius 3 is 1.16 bits per heavy atom. The van der Waals surface area contributed by atoms with E-state index in [4.69, 9.17) is 19.2 Å². The van der Waals surface area contributed by atoms with Gasteiger partial charge in [-0.3, -0.25) is 9.78 Å². The molecule has 1 N–H and O–H groups in total. The zero-order valence-electron chi connectivity index (χ0n) is 85.9. The molecule has 11 nitrogen and oxygen atoms in total. The van der Waals surface area contributed by atoms with Gasteiger partial charge in [0.05, 0.1) is 31.0 Å². The fourth-order valence-electron chi connectivity index (χ4n) is 15.6. The molecule has 0 aliphatic carbocycles. The number of hydrogen-bond acceptors (Lipinski definition) is 11. The Kier molecular flexibility index (Phi) is 45.9. The van der Waals surface area contributed by atoms with E-state index in [1.165, 1.54) is 65.7 Å². The number of aliphatic hydroxyl groups excluding tert-OH is 1. The fraction of sp³-hybridized carbons (Fsp3) is 0.0763. The van der Waals surface area contributed by atoms with Crippen LogP contribution in [0.3, 0.4) is 0 Å².